The molecule has 0 aliphatic carbocycles. The molecular weight excluding hydrogens is 314 g/mol. The third-order valence-electron chi connectivity index (χ3n) is 3.07. The number of carbonyl (C=O) groups is 1. The van der Waals surface area contributed by atoms with Crippen molar-refractivity contribution in [2.75, 3.05) is 11.1 Å². The van der Waals surface area contributed by atoms with E-state index in [-0.39, 0.29) is 17.3 Å². The molecule has 0 spiro atoms. The van der Waals surface area contributed by atoms with Crippen LogP contribution in [0.25, 0.3) is 0 Å². The maximum absolute atomic E-state index is 12.0. The first-order valence-corrected chi connectivity index (χ1v) is 8.20. The molecule has 23 heavy (non-hydrogen) atoms. The number of nitrogens with one attached hydrogen (secondary N) is 2. The Morgan fingerprint density at radius 3 is 3.09 bits per heavy atom. The molecule has 2 rings (SSSR count). The van der Waals surface area contributed by atoms with Gasteiger partial charge in [-0.3, -0.25) is 9.36 Å². The van der Waals surface area contributed by atoms with Crippen molar-refractivity contribution in [3.8, 4) is 6.07 Å². The monoisotopic (exact) mass is 331 g/mol. The number of amides is 1. The standard InChI is InChI=1S/C15H17N5O2S/c1-2-3-7-20-14(22)18-19-15(20)23-10-13(21)17-12-6-4-5-11(8-12)9-16/h4-6,8H,2-3,7,10H2,1H3,(H,17,21)(H,18,22). The first-order chi connectivity index (χ1) is 11.1. The van der Waals surface area contributed by atoms with Crippen molar-refractivity contribution in [1.29, 1.82) is 5.26 Å². The minimum Gasteiger partial charge on any atom is -0.325 e. The number of hydrogen-bond donors (Lipinski definition) is 2. The first kappa shape index (κ1) is 16.8. The smallest absolute Gasteiger partial charge is 0.325 e. The molecule has 0 saturated carbocycles. The zero-order chi connectivity index (χ0) is 16.7. The molecule has 0 unspecified atom stereocenters. The number of aromatic nitrogens is 3. The molecule has 1 aromatic carbocycles. The molecule has 2 N–H and O–H groups in total. The second-order valence-electron chi connectivity index (χ2n) is 4.85. The van der Waals surface area contributed by atoms with Crippen LogP contribution in [0.15, 0.2) is 34.2 Å². The summed E-state index contributed by atoms with van der Waals surface area (Å²) in [6.07, 6.45) is 1.84. The van der Waals surface area contributed by atoms with E-state index in [0.29, 0.717) is 23.0 Å². The molecule has 0 aliphatic rings. The van der Waals surface area contributed by atoms with Gasteiger partial charge in [0.25, 0.3) is 0 Å². The summed E-state index contributed by atoms with van der Waals surface area (Å²) in [6.45, 7) is 2.63. The summed E-state index contributed by atoms with van der Waals surface area (Å²) in [5.41, 5.74) is 0.791. The number of thioether (sulfide) groups is 1. The van der Waals surface area contributed by atoms with Gasteiger partial charge in [0.2, 0.25) is 5.91 Å². The molecule has 1 aromatic heterocycles. The van der Waals surface area contributed by atoms with Gasteiger partial charge in [-0.15, -0.1) is 5.10 Å². The molecule has 1 amide bonds. The highest BCUT2D eigenvalue weighted by Gasteiger charge is 2.11. The summed E-state index contributed by atoms with van der Waals surface area (Å²) in [5.74, 6) is -0.0877. The van der Waals surface area contributed by atoms with Crippen LogP contribution in [0.2, 0.25) is 0 Å². The Bertz CT molecular complexity index is 775. The fourth-order valence-electron chi connectivity index (χ4n) is 1.92. The van der Waals surface area contributed by atoms with E-state index >= 15 is 0 Å². The van der Waals surface area contributed by atoms with E-state index in [1.807, 2.05) is 13.0 Å². The van der Waals surface area contributed by atoms with Crippen LogP contribution in [0.3, 0.4) is 0 Å². The molecule has 0 radical (unpaired) electrons. The predicted octanol–water partition coefficient (Wildman–Crippen LogP) is 1.97. The zero-order valence-electron chi connectivity index (χ0n) is 12.7. The summed E-state index contributed by atoms with van der Waals surface area (Å²) in [5, 5.41) is 18.4. The lowest BCUT2D eigenvalue weighted by Gasteiger charge is -2.06. The maximum Gasteiger partial charge on any atom is 0.343 e. The van der Waals surface area contributed by atoms with E-state index in [0.717, 1.165) is 12.8 Å². The molecular formula is C15H17N5O2S. The van der Waals surface area contributed by atoms with Crippen LogP contribution in [0.4, 0.5) is 5.69 Å². The van der Waals surface area contributed by atoms with Crippen LogP contribution < -0.4 is 11.0 Å². The quantitative estimate of drug-likeness (QED) is 0.755. The Morgan fingerprint density at radius 1 is 1.52 bits per heavy atom. The van der Waals surface area contributed by atoms with E-state index < -0.39 is 0 Å². The lowest BCUT2D eigenvalue weighted by molar-refractivity contribution is -0.113. The number of hydrogen-bond acceptors (Lipinski definition) is 5. The second kappa shape index (κ2) is 8.19. The van der Waals surface area contributed by atoms with Gasteiger partial charge in [0.15, 0.2) is 5.16 Å². The SMILES string of the molecule is CCCCn1c(SCC(=O)Nc2cccc(C#N)c2)n[nH]c1=O. The summed E-state index contributed by atoms with van der Waals surface area (Å²) in [4.78, 5) is 23.6. The molecule has 120 valence electrons. The Labute approximate surface area is 137 Å². The number of anilines is 1. The summed E-state index contributed by atoms with van der Waals surface area (Å²) in [6, 6.07) is 8.72. The number of nitriles is 1. The van der Waals surface area contributed by atoms with Crippen LogP contribution >= 0.6 is 11.8 Å². The van der Waals surface area contributed by atoms with Gasteiger partial charge in [-0.2, -0.15) is 5.26 Å². The molecule has 8 heteroatoms. The maximum atomic E-state index is 12.0. The number of nitrogens with zero attached hydrogens (tertiary/aromatic N) is 3. The van der Waals surface area contributed by atoms with Gasteiger partial charge in [0, 0.05) is 12.2 Å². The average molecular weight is 331 g/mol. The number of aromatic amines is 1. The summed E-state index contributed by atoms with van der Waals surface area (Å²) in [7, 11) is 0. The molecule has 0 saturated heterocycles. The van der Waals surface area contributed by atoms with Crippen molar-refractivity contribution < 1.29 is 4.79 Å². The van der Waals surface area contributed by atoms with E-state index in [2.05, 4.69) is 15.5 Å². The van der Waals surface area contributed by atoms with Gasteiger partial charge in [0.05, 0.1) is 17.4 Å². The van der Waals surface area contributed by atoms with Crippen LogP contribution in [0.1, 0.15) is 25.3 Å². The van der Waals surface area contributed by atoms with Crippen molar-refractivity contribution in [2.45, 2.75) is 31.5 Å². The van der Waals surface area contributed by atoms with E-state index in [1.165, 1.54) is 16.3 Å². The lowest BCUT2D eigenvalue weighted by atomic mass is 10.2. The van der Waals surface area contributed by atoms with Crippen molar-refractivity contribution in [3.63, 3.8) is 0 Å². The van der Waals surface area contributed by atoms with Gasteiger partial charge in [-0.25, -0.2) is 9.89 Å². The van der Waals surface area contributed by atoms with E-state index in [9.17, 15) is 9.59 Å². The Balaban J connectivity index is 1.94. The highest BCUT2D eigenvalue weighted by Crippen LogP contribution is 2.15. The summed E-state index contributed by atoms with van der Waals surface area (Å²) >= 11 is 1.20. The third kappa shape index (κ3) is 4.72. The largest absolute Gasteiger partial charge is 0.343 e. The van der Waals surface area contributed by atoms with Crippen molar-refractivity contribution in [3.05, 3.63) is 40.3 Å². The van der Waals surface area contributed by atoms with Gasteiger partial charge in [-0.1, -0.05) is 31.2 Å². The van der Waals surface area contributed by atoms with Gasteiger partial charge in [-0.05, 0) is 24.6 Å². The molecule has 0 atom stereocenters. The van der Waals surface area contributed by atoms with E-state index in [4.69, 9.17) is 5.26 Å². The Hall–Kier alpha value is -2.53. The van der Waals surface area contributed by atoms with Crippen LogP contribution in [-0.4, -0.2) is 26.4 Å². The van der Waals surface area contributed by atoms with Crippen molar-refractivity contribution >= 4 is 23.4 Å². The third-order valence-corrected chi connectivity index (χ3v) is 4.04. The fraction of sp³-hybridized carbons (Fsp3) is 0.333. The topological polar surface area (TPSA) is 104 Å². The number of unbranched alkanes of at least 4 members (excludes halogenated alkanes) is 1. The van der Waals surface area contributed by atoms with E-state index in [1.54, 1.807) is 24.3 Å². The number of rotatable bonds is 7. The minimum atomic E-state index is -0.261. The Morgan fingerprint density at radius 2 is 2.35 bits per heavy atom. The van der Waals surface area contributed by atoms with Gasteiger partial charge >= 0.3 is 5.69 Å². The Kier molecular flexibility index (Phi) is 6.00. The second-order valence-corrected chi connectivity index (χ2v) is 5.79. The number of carbonyl (C=O) groups excluding carboxylic acids is 1. The number of H-pyrrole nitrogens is 1. The number of benzene rings is 1. The zero-order valence-corrected chi connectivity index (χ0v) is 13.5. The average Bonchev–Trinajstić information content (AvgIpc) is 2.91. The van der Waals surface area contributed by atoms with Crippen LogP contribution in [0.5, 0.6) is 0 Å². The van der Waals surface area contributed by atoms with Gasteiger partial charge in [0.1, 0.15) is 0 Å². The van der Waals surface area contributed by atoms with Gasteiger partial charge < -0.3 is 5.32 Å². The molecule has 0 fully saturated rings. The fourth-order valence-corrected chi connectivity index (χ4v) is 2.69. The molecule has 7 nitrogen and oxygen atoms in total. The normalized spacial score (nSPS) is 10.3. The lowest BCUT2D eigenvalue weighted by Crippen LogP contribution is -2.19. The van der Waals surface area contributed by atoms with Crippen molar-refractivity contribution in [2.24, 2.45) is 0 Å². The highest BCUT2D eigenvalue weighted by molar-refractivity contribution is 7.99. The molecule has 0 bridgehead atoms. The minimum absolute atomic E-state index is 0.132. The first-order valence-electron chi connectivity index (χ1n) is 7.22. The van der Waals surface area contributed by atoms with Crippen LogP contribution in [0, 0.1) is 11.3 Å². The molecule has 1 heterocycles. The summed E-state index contributed by atoms with van der Waals surface area (Å²) < 4.78 is 1.54. The molecule has 2 aromatic rings. The highest BCUT2D eigenvalue weighted by atomic mass is 32.2. The van der Waals surface area contributed by atoms with Crippen molar-refractivity contribution in [1.82, 2.24) is 14.8 Å². The van der Waals surface area contributed by atoms with Crippen LogP contribution in [-0.2, 0) is 11.3 Å². The molecule has 0 aliphatic heterocycles. The predicted molar refractivity (Wildman–Crippen MR) is 88.3 cm³/mol.